The van der Waals surface area contributed by atoms with Crippen molar-refractivity contribution in [1.29, 1.82) is 0 Å². The minimum atomic E-state index is 0.449. The topological polar surface area (TPSA) is 59.1 Å². The average Bonchev–Trinajstić information content (AvgIpc) is 2.74. The van der Waals surface area contributed by atoms with Crippen molar-refractivity contribution < 1.29 is 4.74 Å². The molecule has 0 fully saturated rings. The quantitative estimate of drug-likeness (QED) is 0.380. The number of rotatable bonds is 6. The van der Waals surface area contributed by atoms with Gasteiger partial charge in [0.25, 0.3) is 0 Å². The van der Waals surface area contributed by atoms with E-state index in [1.807, 2.05) is 48.5 Å². The number of ether oxygens (including phenoxy) is 1. The lowest BCUT2D eigenvalue weighted by molar-refractivity contribution is 0.414. The van der Waals surface area contributed by atoms with Crippen molar-refractivity contribution in [3.05, 3.63) is 82.3 Å². The van der Waals surface area contributed by atoms with Gasteiger partial charge in [0, 0.05) is 17.0 Å². The third kappa shape index (κ3) is 4.53. The van der Waals surface area contributed by atoms with Crippen molar-refractivity contribution >= 4 is 51.6 Å². The first-order valence-corrected chi connectivity index (χ1v) is 9.73. The van der Waals surface area contributed by atoms with Gasteiger partial charge in [-0.1, -0.05) is 47.5 Å². The monoisotopic (exact) mass is 424 g/mol. The van der Waals surface area contributed by atoms with Crippen molar-refractivity contribution in [3.8, 4) is 5.75 Å². The third-order valence-corrected chi connectivity index (χ3v) is 4.95. The van der Waals surface area contributed by atoms with Gasteiger partial charge in [0.05, 0.1) is 23.3 Å². The van der Waals surface area contributed by atoms with Crippen molar-refractivity contribution in [2.75, 3.05) is 17.7 Å². The van der Waals surface area contributed by atoms with Gasteiger partial charge in [0.15, 0.2) is 0 Å². The van der Waals surface area contributed by atoms with E-state index < -0.39 is 0 Å². The number of anilines is 3. The number of hydrogen-bond donors (Lipinski definition) is 2. The number of benzene rings is 3. The van der Waals surface area contributed by atoms with Gasteiger partial charge in [0.2, 0.25) is 5.95 Å². The maximum Gasteiger partial charge on any atom is 0.229 e. The van der Waals surface area contributed by atoms with Crippen LogP contribution < -0.4 is 15.4 Å². The number of methoxy groups -OCH3 is 1. The third-order valence-electron chi connectivity index (χ3n) is 4.40. The lowest BCUT2D eigenvalue weighted by Crippen LogP contribution is -2.06. The molecule has 5 nitrogen and oxygen atoms in total. The van der Waals surface area contributed by atoms with Gasteiger partial charge in [-0.3, -0.25) is 0 Å². The molecule has 0 amide bonds. The molecule has 0 aliphatic carbocycles. The predicted molar refractivity (Wildman–Crippen MR) is 120 cm³/mol. The normalized spacial score (nSPS) is 10.7. The van der Waals surface area contributed by atoms with Gasteiger partial charge in [-0.25, -0.2) is 4.98 Å². The van der Waals surface area contributed by atoms with E-state index in [1.165, 1.54) is 0 Å². The summed E-state index contributed by atoms with van der Waals surface area (Å²) in [6.45, 7) is 0.617. The first kappa shape index (κ1) is 19.3. The maximum atomic E-state index is 6.27. The molecule has 0 spiro atoms. The molecule has 0 unspecified atom stereocenters. The Morgan fingerprint density at radius 1 is 0.931 bits per heavy atom. The minimum absolute atomic E-state index is 0.449. The summed E-state index contributed by atoms with van der Waals surface area (Å²) in [6, 6.07) is 21.0. The number of hydrogen-bond acceptors (Lipinski definition) is 5. The van der Waals surface area contributed by atoms with E-state index in [9.17, 15) is 0 Å². The van der Waals surface area contributed by atoms with Crippen molar-refractivity contribution in [3.63, 3.8) is 0 Å². The fourth-order valence-corrected chi connectivity index (χ4v) is 3.36. The van der Waals surface area contributed by atoms with Gasteiger partial charge in [-0.05, 0) is 48.0 Å². The standard InChI is InChI=1S/C22H18Cl2N4O/c1-29-16-9-6-14(7-10-16)13-25-21-17-4-2-3-5-19(17)26-22(28-21)27-20-11-8-15(23)12-18(20)24/h2-12H,13H2,1H3,(H2,25,26,27,28). The Bertz CT molecular complexity index is 1150. The number of halogens is 2. The van der Waals surface area contributed by atoms with Gasteiger partial charge in [-0.2, -0.15) is 4.98 Å². The van der Waals surface area contributed by atoms with Gasteiger partial charge >= 0.3 is 0 Å². The highest BCUT2D eigenvalue weighted by Gasteiger charge is 2.10. The second kappa shape index (κ2) is 8.55. The smallest absolute Gasteiger partial charge is 0.229 e. The predicted octanol–water partition coefficient (Wildman–Crippen LogP) is 6.30. The largest absolute Gasteiger partial charge is 0.497 e. The Balaban J connectivity index is 1.63. The Kier molecular flexibility index (Phi) is 5.69. The van der Waals surface area contributed by atoms with Crippen molar-refractivity contribution in [2.45, 2.75) is 6.54 Å². The summed E-state index contributed by atoms with van der Waals surface area (Å²) in [5, 5.41) is 8.59. The zero-order valence-electron chi connectivity index (χ0n) is 15.6. The summed E-state index contributed by atoms with van der Waals surface area (Å²) < 4.78 is 5.21. The number of nitrogens with one attached hydrogen (secondary N) is 2. The molecule has 2 N–H and O–H groups in total. The lowest BCUT2D eigenvalue weighted by Gasteiger charge is -2.13. The number of aromatic nitrogens is 2. The van der Waals surface area contributed by atoms with E-state index in [1.54, 1.807) is 25.3 Å². The molecule has 0 saturated carbocycles. The maximum absolute atomic E-state index is 6.27. The van der Waals surface area contributed by atoms with Crippen LogP contribution >= 0.6 is 23.2 Å². The number of fused-ring (bicyclic) bond motifs is 1. The summed E-state index contributed by atoms with van der Waals surface area (Å²) in [4.78, 5) is 9.26. The highest BCUT2D eigenvalue weighted by atomic mass is 35.5. The summed E-state index contributed by atoms with van der Waals surface area (Å²) in [6.07, 6.45) is 0. The van der Waals surface area contributed by atoms with E-state index in [0.717, 1.165) is 28.0 Å². The Hall–Kier alpha value is -3.02. The van der Waals surface area contributed by atoms with Crippen LogP contribution in [-0.4, -0.2) is 17.1 Å². The van der Waals surface area contributed by atoms with Crippen LogP contribution in [0.3, 0.4) is 0 Å². The lowest BCUT2D eigenvalue weighted by atomic mass is 10.2. The molecular weight excluding hydrogens is 407 g/mol. The molecule has 1 heterocycles. The molecule has 3 aromatic carbocycles. The van der Waals surface area contributed by atoms with Gasteiger partial charge < -0.3 is 15.4 Å². The second-order valence-electron chi connectivity index (χ2n) is 6.36. The van der Waals surface area contributed by atoms with E-state index in [-0.39, 0.29) is 0 Å². The van der Waals surface area contributed by atoms with Crippen LogP contribution in [0.25, 0.3) is 10.9 Å². The van der Waals surface area contributed by atoms with Gasteiger partial charge in [0.1, 0.15) is 11.6 Å². The van der Waals surface area contributed by atoms with Crippen LogP contribution in [0.5, 0.6) is 5.75 Å². The van der Waals surface area contributed by atoms with Crippen molar-refractivity contribution in [1.82, 2.24) is 9.97 Å². The molecule has 146 valence electrons. The molecule has 7 heteroatoms. The molecule has 0 bridgehead atoms. The Morgan fingerprint density at radius 3 is 2.48 bits per heavy atom. The summed E-state index contributed by atoms with van der Waals surface area (Å²) >= 11 is 12.3. The molecule has 0 aliphatic heterocycles. The summed E-state index contributed by atoms with van der Waals surface area (Å²) in [5.41, 5.74) is 2.63. The molecule has 29 heavy (non-hydrogen) atoms. The molecule has 0 atom stereocenters. The molecule has 4 rings (SSSR count). The van der Waals surface area contributed by atoms with E-state index in [0.29, 0.717) is 28.2 Å². The van der Waals surface area contributed by atoms with Crippen LogP contribution in [0.15, 0.2) is 66.7 Å². The van der Waals surface area contributed by atoms with Crippen LogP contribution in [0.1, 0.15) is 5.56 Å². The molecule has 0 saturated heterocycles. The van der Waals surface area contributed by atoms with Crippen LogP contribution in [0.4, 0.5) is 17.5 Å². The first-order valence-electron chi connectivity index (χ1n) is 8.98. The van der Waals surface area contributed by atoms with Crippen LogP contribution in [-0.2, 0) is 6.54 Å². The SMILES string of the molecule is COc1ccc(CNc2nc(Nc3ccc(Cl)cc3Cl)nc3ccccc23)cc1. The highest BCUT2D eigenvalue weighted by molar-refractivity contribution is 6.36. The zero-order valence-corrected chi connectivity index (χ0v) is 17.1. The van der Waals surface area contributed by atoms with Crippen LogP contribution in [0.2, 0.25) is 10.0 Å². The van der Waals surface area contributed by atoms with Gasteiger partial charge in [-0.15, -0.1) is 0 Å². The number of para-hydroxylation sites is 1. The van der Waals surface area contributed by atoms with E-state index in [4.69, 9.17) is 27.9 Å². The van der Waals surface area contributed by atoms with E-state index >= 15 is 0 Å². The molecule has 1 aromatic heterocycles. The zero-order chi connectivity index (χ0) is 20.2. The second-order valence-corrected chi connectivity index (χ2v) is 7.21. The Labute approximate surface area is 178 Å². The Morgan fingerprint density at radius 2 is 1.72 bits per heavy atom. The summed E-state index contributed by atoms with van der Waals surface area (Å²) in [7, 11) is 1.65. The van der Waals surface area contributed by atoms with Crippen LogP contribution in [0, 0.1) is 0 Å². The first-order chi connectivity index (χ1) is 14.1. The molecular formula is C22H18Cl2N4O. The minimum Gasteiger partial charge on any atom is -0.497 e. The fraction of sp³-hybridized carbons (Fsp3) is 0.0909. The number of nitrogens with zero attached hydrogens (tertiary/aromatic N) is 2. The molecule has 0 aliphatic rings. The van der Waals surface area contributed by atoms with E-state index in [2.05, 4.69) is 20.6 Å². The fourth-order valence-electron chi connectivity index (χ4n) is 2.91. The van der Waals surface area contributed by atoms with Crippen molar-refractivity contribution in [2.24, 2.45) is 0 Å². The summed E-state index contributed by atoms with van der Waals surface area (Å²) in [5.74, 6) is 2.01. The average molecular weight is 425 g/mol. The highest BCUT2D eigenvalue weighted by Crippen LogP contribution is 2.29. The molecule has 0 radical (unpaired) electrons. The molecule has 4 aromatic rings.